The van der Waals surface area contributed by atoms with E-state index in [-0.39, 0.29) is 11.1 Å². The molecule has 1 aliphatic heterocycles. The first-order valence-corrected chi connectivity index (χ1v) is 11.0. The second-order valence-corrected chi connectivity index (χ2v) is 10.8. The topological polar surface area (TPSA) is 56.2 Å². The number of carbonyl (C=O) groups is 1. The number of nitrogens with zero attached hydrogens (tertiary/aromatic N) is 1. The number of carbonyl (C=O) groups excluding carboxylic acids is 1. The van der Waals surface area contributed by atoms with E-state index in [1.54, 1.807) is 11.8 Å². The summed E-state index contributed by atoms with van der Waals surface area (Å²) in [6, 6.07) is 5.63. The van der Waals surface area contributed by atoms with Crippen LogP contribution in [0.15, 0.2) is 36.6 Å². The molecule has 0 aliphatic carbocycles. The molecule has 29 heavy (non-hydrogen) atoms. The fraction of sp³-hybridized carbons (Fsp3) is 0.478. The van der Waals surface area contributed by atoms with Crippen molar-refractivity contribution >= 4 is 40.3 Å². The molecule has 1 saturated heterocycles. The molecule has 1 heterocycles. The maximum Gasteiger partial charge on any atom is 0.143 e. The largest absolute Gasteiger partial charge is 0.383 e. The minimum Gasteiger partial charge on any atom is -0.383 e. The number of nitrogens with one attached hydrogen (secondary N) is 2. The summed E-state index contributed by atoms with van der Waals surface area (Å²) in [6.07, 6.45) is 8.05. The molecule has 158 valence electrons. The Bertz CT molecular complexity index is 811. The van der Waals surface area contributed by atoms with Crippen LogP contribution in [0.3, 0.4) is 0 Å². The van der Waals surface area contributed by atoms with E-state index in [0.717, 1.165) is 35.8 Å². The Morgan fingerprint density at radius 1 is 1.24 bits per heavy atom. The molecule has 2 N–H and O–H groups in total. The predicted molar refractivity (Wildman–Crippen MR) is 127 cm³/mol. The molecule has 1 fully saturated rings. The number of rotatable bonds is 6. The van der Waals surface area contributed by atoms with Crippen molar-refractivity contribution in [3.63, 3.8) is 0 Å². The average molecular weight is 434 g/mol. The summed E-state index contributed by atoms with van der Waals surface area (Å²) in [6.45, 7) is 8.87. The maximum atomic E-state index is 11.0. The zero-order chi connectivity index (χ0) is 21.8. The molecule has 2 rings (SSSR count). The third-order valence-electron chi connectivity index (χ3n) is 4.78. The van der Waals surface area contributed by atoms with Gasteiger partial charge in [0.1, 0.15) is 6.29 Å². The van der Waals surface area contributed by atoms with Crippen LogP contribution in [0.1, 0.15) is 51.7 Å². The second kappa shape index (κ2) is 9.50. The standard InChI is InChI=1S/C23H32ClN3OS/c1-22(2)14-18(15-23(3,4)26-22)29-21(25)19-8-7-17(13-20(19)24)16(10-12-28)9-11-27(5)6/h7-13,18,25-26H,14-15H2,1-6H3/b11-9?,16-10+,25-21?. The van der Waals surface area contributed by atoms with E-state index >= 15 is 0 Å². The molecule has 1 aliphatic rings. The highest BCUT2D eigenvalue weighted by Gasteiger charge is 2.38. The zero-order valence-corrected chi connectivity index (χ0v) is 19.7. The molecular formula is C23H32ClN3OS. The van der Waals surface area contributed by atoms with Gasteiger partial charge in [-0.05, 0) is 76.1 Å². The van der Waals surface area contributed by atoms with Crippen LogP contribution < -0.4 is 5.32 Å². The van der Waals surface area contributed by atoms with Crippen LogP contribution >= 0.6 is 23.4 Å². The Hall–Kier alpha value is -1.56. The van der Waals surface area contributed by atoms with Crippen LogP contribution in [0.5, 0.6) is 0 Å². The highest BCUT2D eigenvalue weighted by atomic mass is 35.5. The Morgan fingerprint density at radius 3 is 2.38 bits per heavy atom. The van der Waals surface area contributed by atoms with Crippen LogP contribution in [0.2, 0.25) is 5.02 Å². The second-order valence-electron chi connectivity index (χ2n) is 9.10. The Labute approximate surface area is 184 Å². The van der Waals surface area contributed by atoms with Crippen molar-refractivity contribution < 1.29 is 4.79 Å². The van der Waals surface area contributed by atoms with Gasteiger partial charge in [-0.2, -0.15) is 0 Å². The molecule has 6 heteroatoms. The van der Waals surface area contributed by atoms with Gasteiger partial charge in [0.15, 0.2) is 0 Å². The summed E-state index contributed by atoms with van der Waals surface area (Å²) < 4.78 is 0. The highest BCUT2D eigenvalue weighted by Crippen LogP contribution is 2.37. The number of hydrogen-bond acceptors (Lipinski definition) is 5. The van der Waals surface area contributed by atoms with E-state index in [4.69, 9.17) is 17.0 Å². The lowest BCUT2D eigenvalue weighted by Gasteiger charge is -2.46. The molecule has 0 atom stereocenters. The van der Waals surface area contributed by atoms with E-state index in [0.29, 0.717) is 15.3 Å². The molecule has 1 aromatic carbocycles. The smallest absolute Gasteiger partial charge is 0.143 e. The van der Waals surface area contributed by atoms with Crippen LogP contribution in [0, 0.1) is 5.41 Å². The molecule has 0 unspecified atom stereocenters. The molecule has 0 amide bonds. The predicted octanol–water partition coefficient (Wildman–Crippen LogP) is 5.37. The SMILES string of the molecule is CN(C)C=C/C(=C\C=O)c1ccc(C(=N)SC2CC(C)(C)NC(C)(C)C2)c(Cl)c1. The van der Waals surface area contributed by atoms with Gasteiger partial charge >= 0.3 is 0 Å². The number of benzene rings is 1. The van der Waals surface area contributed by atoms with Crippen molar-refractivity contribution in [3.8, 4) is 0 Å². The van der Waals surface area contributed by atoms with Crippen molar-refractivity contribution in [1.29, 1.82) is 5.41 Å². The molecule has 0 saturated carbocycles. The Morgan fingerprint density at radius 2 is 1.86 bits per heavy atom. The molecule has 0 radical (unpaired) electrons. The quantitative estimate of drug-likeness (QED) is 0.208. The van der Waals surface area contributed by atoms with Crippen molar-refractivity contribution in [1.82, 2.24) is 10.2 Å². The Balaban J connectivity index is 2.20. The van der Waals surface area contributed by atoms with E-state index < -0.39 is 0 Å². The normalized spacial score (nSPS) is 19.3. The van der Waals surface area contributed by atoms with Gasteiger partial charge in [0, 0.05) is 36.0 Å². The third-order valence-corrected chi connectivity index (χ3v) is 6.22. The lowest BCUT2D eigenvalue weighted by atomic mass is 9.82. The number of halogens is 1. The molecule has 4 nitrogen and oxygen atoms in total. The van der Waals surface area contributed by atoms with Gasteiger partial charge in [0.05, 0.1) is 10.1 Å². The highest BCUT2D eigenvalue weighted by molar-refractivity contribution is 8.14. The van der Waals surface area contributed by atoms with Gasteiger partial charge in [0.25, 0.3) is 0 Å². The van der Waals surface area contributed by atoms with E-state index in [9.17, 15) is 4.79 Å². The Kier molecular flexibility index (Phi) is 7.77. The van der Waals surface area contributed by atoms with Gasteiger partial charge in [-0.1, -0.05) is 23.7 Å². The van der Waals surface area contributed by atoms with Crippen molar-refractivity contribution in [2.45, 2.75) is 56.9 Å². The minimum absolute atomic E-state index is 0.0423. The number of piperidine rings is 1. The molecule has 0 aromatic heterocycles. The summed E-state index contributed by atoms with van der Waals surface area (Å²) in [5, 5.41) is 13.7. The first kappa shape index (κ1) is 23.7. The van der Waals surface area contributed by atoms with Crippen molar-refractivity contribution in [2.24, 2.45) is 0 Å². The van der Waals surface area contributed by atoms with Crippen LogP contribution in [-0.2, 0) is 4.79 Å². The van der Waals surface area contributed by atoms with Crippen LogP contribution in [0.4, 0.5) is 0 Å². The monoisotopic (exact) mass is 433 g/mol. The van der Waals surface area contributed by atoms with Gasteiger partial charge in [0.2, 0.25) is 0 Å². The molecule has 0 spiro atoms. The molecule has 1 aromatic rings. The summed E-state index contributed by atoms with van der Waals surface area (Å²) in [4.78, 5) is 12.9. The zero-order valence-electron chi connectivity index (χ0n) is 18.2. The van der Waals surface area contributed by atoms with E-state index in [2.05, 4.69) is 33.0 Å². The van der Waals surface area contributed by atoms with Gasteiger partial charge in [-0.25, -0.2) is 0 Å². The number of hydrogen-bond donors (Lipinski definition) is 2. The van der Waals surface area contributed by atoms with E-state index in [1.165, 1.54) is 6.08 Å². The average Bonchev–Trinajstić information content (AvgIpc) is 2.55. The summed E-state index contributed by atoms with van der Waals surface area (Å²) in [5.74, 6) is 0. The third kappa shape index (κ3) is 7.02. The fourth-order valence-electron chi connectivity index (χ4n) is 3.97. The fourth-order valence-corrected chi connectivity index (χ4v) is 5.94. The van der Waals surface area contributed by atoms with Gasteiger partial charge in [-0.3, -0.25) is 10.2 Å². The minimum atomic E-state index is 0.0423. The lowest BCUT2D eigenvalue weighted by molar-refractivity contribution is -0.104. The number of aldehydes is 1. The van der Waals surface area contributed by atoms with Gasteiger partial charge < -0.3 is 10.2 Å². The van der Waals surface area contributed by atoms with Crippen molar-refractivity contribution in [2.75, 3.05) is 14.1 Å². The van der Waals surface area contributed by atoms with Crippen LogP contribution in [-0.4, -0.2) is 46.7 Å². The summed E-state index contributed by atoms with van der Waals surface area (Å²) in [7, 11) is 3.85. The number of allylic oxidation sites excluding steroid dienone is 3. The molecular weight excluding hydrogens is 402 g/mol. The maximum absolute atomic E-state index is 11.0. The summed E-state index contributed by atoms with van der Waals surface area (Å²) >= 11 is 8.14. The van der Waals surface area contributed by atoms with E-state index in [1.807, 2.05) is 49.5 Å². The summed E-state index contributed by atoms with van der Waals surface area (Å²) in [5.41, 5.74) is 2.45. The first-order valence-electron chi connectivity index (χ1n) is 9.77. The van der Waals surface area contributed by atoms with Crippen LogP contribution in [0.25, 0.3) is 5.57 Å². The first-order chi connectivity index (χ1) is 13.4. The molecule has 0 bridgehead atoms. The number of thioether (sulfide) groups is 1. The van der Waals surface area contributed by atoms with Gasteiger partial charge in [-0.15, -0.1) is 11.8 Å². The van der Waals surface area contributed by atoms with Crippen molar-refractivity contribution in [3.05, 3.63) is 52.7 Å². The lowest BCUT2D eigenvalue weighted by Crippen LogP contribution is -2.58.